The molecule has 1 amide bonds. The molecule has 1 saturated heterocycles. The molecule has 1 unspecified atom stereocenters. The van der Waals surface area contributed by atoms with Crippen LogP contribution in [0.4, 0.5) is 5.69 Å². The van der Waals surface area contributed by atoms with Crippen LogP contribution in [0.1, 0.15) is 18.4 Å². The zero-order chi connectivity index (χ0) is 15.4. The van der Waals surface area contributed by atoms with Gasteiger partial charge in [-0.15, -0.1) is 0 Å². The van der Waals surface area contributed by atoms with Crippen molar-refractivity contribution < 1.29 is 4.79 Å². The van der Waals surface area contributed by atoms with Gasteiger partial charge in [0.1, 0.15) is 5.15 Å². The molecule has 3 rings (SSSR count). The van der Waals surface area contributed by atoms with Crippen LogP contribution in [0.15, 0.2) is 48.7 Å². The van der Waals surface area contributed by atoms with Crippen LogP contribution in [0.25, 0.3) is 0 Å². The topological polar surface area (TPSA) is 45.2 Å². The maximum absolute atomic E-state index is 12.5. The van der Waals surface area contributed by atoms with E-state index in [9.17, 15) is 4.79 Å². The van der Waals surface area contributed by atoms with Gasteiger partial charge in [-0.05, 0) is 37.1 Å². The van der Waals surface area contributed by atoms with Crippen molar-refractivity contribution in [2.75, 3.05) is 11.9 Å². The van der Waals surface area contributed by atoms with Crippen LogP contribution in [0.3, 0.4) is 0 Å². The van der Waals surface area contributed by atoms with Gasteiger partial charge in [0, 0.05) is 6.54 Å². The van der Waals surface area contributed by atoms with Crippen LogP contribution in [0.5, 0.6) is 0 Å². The lowest BCUT2D eigenvalue weighted by Gasteiger charge is -2.23. The van der Waals surface area contributed by atoms with Crippen LogP contribution >= 0.6 is 11.6 Å². The third kappa shape index (κ3) is 3.64. The Balaban J connectivity index is 1.64. The quantitative estimate of drug-likeness (QED) is 0.880. The molecule has 1 atom stereocenters. The standard InChI is InChI=1S/C17H18ClN3O/c18-16-9-8-14(11-19-16)20-17(22)15-7-4-10-21(15)12-13-5-2-1-3-6-13/h1-3,5-6,8-9,11,15H,4,7,10,12H2,(H,20,22). The minimum absolute atomic E-state index is 0.0255. The molecular formula is C17H18ClN3O. The molecule has 2 aromatic rings. The van der Waals surface area contributed by atoms with Gasteiger partial charge in [0.05, 0.1) is 17.9 Å². The Labute approximate surface area is 135 Å². The van der Waals surface area contributed by atoms with E-state index in [4.69, 9.17) is 11.6 Å². The number of nitrogens with one attached hydrogen (secondary N) is 1. The molecule has 1 fully saturated rings. The first-order valence-electron chi connectivity index (χ1n) is 7.43. The predicted octanol–water partition coefficient (Wildman–Crippen LogP) is 3.34. The summed E-state index contributed by atoms with van der Waals surface area (Å²) in [5.74, 6) is 0.0255. The molecule has 2 heterocycles. The molecule has 0 saturated carbocycles. The number of hydrogen-bond acceptors (Lipinski definition) is 3. The van der Waals surface area contributed by atoms with Crippen LogP contribution in [0, 0.1) is 0 Å². The molecule has 0 spiro atoms. The number of hydrogen-bond donors (Lipinski definition) is 1. The number of halogens is 1. The highest BCUT2D eigenvalue weighted by Crippen LogP contribution is 2.21. The minimum atomic E-state index is -0.0871. The van der Waals surface area contributed by atoms with Crippen LogP contribution in [-0.2, 0) is 11.3 Å². The summed E-state index contributed by atoms with van der Waals surface area (Å²) in [6.07, 6.45) is 3.51. The van der Waals surface area contributed by atoms with Crippen molar-refractivity contribution in [2.24, 2.45) is 0 Å². The van der Waals surface area contributed by atoms with Gasteiger partial charge in [-0.25, -0.2) is 4.98 Å². The highest BCUT2D eigenvalue weighted by molar-refractivity contribution is 6.29. The second-order valence-electron chi connectivity index (χ2n) is 5.47. The molecule has 0 bridgehead atoms. The number of rotatable bonds is 4. The van der Waals surface area contributed by atoms with Crippen molar-refractivity contribution in [3.63, 3.8) is 0 Å². The van der Waals surface area contributed by atoms with E-state index in [2.05, 4.69) is 27.3 Å². The van der Waals surface area contributed by atoms with E-state index >= 15 is 0 Å². The van der Waals surface area contributed by atoms with E-state index in [-0.39, 0.29) is 11.9 Å². The third-order valence-corrected chi connectivity index (χ3v) is 4.11. The summed E-state index contributed by atoms with van der Waals surface area (Å²) in [5.41, 5.74) is 1.91. The first-order valence-corrected chi connectivity index (χ1v) is 7.80. The van der Waals surface area contributed by atoms with Crippen molar-refractivity contribution in [2.45, 2.75) is 25.4 Å². The van der Waals surface area contributed by atoms with Crippen molar-refractivity contribution in [1.29, 1.82) is 0 Å². The largest absolute Gasteiger partial charge is 0.323 e. The van der Waals surface area contributed by atoms with E-state index in [0.29, 0.717) is 10.8 Å². The summed E-state index contributed by atoms with van der Waals surface area (Å²) in [5, 5.41) is 3.35. The first-order chi connectivity index (χ1) is 10.7. The number of carbonyl (C=O) groups excluding carboxylic acids is 1. The van der Waals surface area contributed by atoms with E-state index in [1.54, 1.807) is 18.3 Å². The van der Waals surface area contributed by atoms with E-state index in [1.165, 1.54) is 5.56 Å². The molecule has 1 aromatic heterocycles. The molecule has 1 N–H and O–H groups in total. The molecule has 1 aromatic carbocycles. The van der Waals surface area contributed by atoms with Gasteiger partial charge in [-0.2, -0.15) is 0 Å². The molecule has 0 aliphatic carbocycles. The van der Waals surface area contributed by atoms with Gasteiger partial charge in [0.2, 0.25) is 5.91 Å². The number of benzene rings is 1. The summed E-state index contributed by atoms with van der Waals surface area (Å²) in [6, 6.07) is 13.6. The Morgan fingerprint density at radius 3 is 2.82 bits per heavy atom. The zero-order valence-electron chi connectivity index (χ0n) is 12.2. The SMILES string of the molecule is O=C(Nc1ccc(Cl)nc1)C1CCCN1Cc1ccccc1. The average molecular weight is 316 g/mol. The van der Waals surface area contributed by atoms with E-state index in [0.717, 1.165) is 25.9 Å². The van der Waals surface area contributed by atoms with Gasteiger partial charge in [0.25, 0.3) is 0 Å². The molecular weight excluding hydrogens is 298 g/mol. The Morgan fingerprint density at radius 2 is 2.09 bits per heavy atom. The van der Waals surface area contributed by atoms with Gasteiger partial charge in [0.15, 0.2) is 0 Å². The van der Waals surface area contributed by atoms with Gasteiger partial charge >= 0.3 is 0 Å². The molecule has 5 heteroatoms. The normalized spacial score (nSPS) is 18.3. The van der Waals surface area contributed by atoms with Gasteiger partial charge in [-0.1, -0.05) is 41.9 Å². The number of nitrogens with zero attached hydrogens (tertiary/aromatic N) is 2. The first kappa shape index (κ1) is 15.0. The molecule has 114 valence electrons. The number of aromatic nitrogens is 1. The lowest BCUT2D eigenvalue weighted by molar-refractivity contribution is -0.120. The van der Waals surface area contributed by atoms with Gasteiger partial charge in [-0.3, -0.25) is 9.69 Å². The Morgan fingerprint density at radius 1 is 1.27 bits per heavy atom. The van der Waals surface area contributed by atoms with E-state index in [1.807, 2.05) is 18.2 Å². The third-order valence-electron chi connectivity index (χ3n) is 3.89. The maximum Gasteiger partial charge on any atom is 0.241 e. The maximum atomic E-state index is 12.5. The average Bonchev–Trinajstić information content (AvgIpc) is 2.99. The second-order valence-corrected chi connectivity index (χ2v) is 5.86. The van der Waals surface area contributed by atoms with Crippen LogP contribution < -0.4 is 5.32 Å². The fraction of sp³-hybridized carbons (Fsp3) is 0.294. The van der Waals surface area contributed by atoms with Crippen LogP contribution in [-0.4, -0.2) is 28.4 Å². The number of carbonyl (C=O) groups is 1. The van der Waals surface area contributed by atoms with Crippen LogP contribution in [0.2, 0.25) is 5.15 Å². The highest BCUT2D eigenvalue weighted by atomic mass is 35.5. The minimum Gasteiger partial charge on any atom is -0.323 e. The fourth-order valence-electron chi connectivity index (χ4n) is 2.81. The Bertz CT molecular complexity index is 630. The number of pyridine rings is 1. The lowest BCUT2D eigenvalue weighted by atomic mass is 10.1. The summed E-state index contributed by atoms with van der Waals surface area (Å²) < 4.78 is 0. The zero-order valence-corrected chi connectivity index (χ0v) is 13.0. The highest BCUT2D eigenvalue weighted by Gasteiger charge is 2.30. The second kappa shape index (κ2) is 6.90. The smallest absolute Gasteiger partial charge is 0.241 e. The summed E-state index contributed by atoms with van der Waals surface area (Å²) in [7, 11) is 0. The number of anilines is 1. The molecule has 0 radical (unpaired) electrons. The summed E-state index contributed by atoms with van der Waals surface area (Å²) >= 11 is 5.76. The summed E-state index contributed by atoms with van der Waals surface area (Å²) in [4.78, 5) is 18.7. The van der Waals surface area contributed by atoms with Crippen molar-refractivity contribution >= 4 is 23.2 Å². The Kier molecular flexibility index (Phi) is 4.71. The van der Waals surface area contributed by atoms with Gasteiger partial charge < -0.3 is 5.32 Å². The van der Waals surface area contributed by atoms with E-state index < -0.39 is 0 Å². The molecule has 1 aliphatic heterocycles. The number of amides is 1. The molecule has 4 nitrogen and oxygen atoms in total. The van der Waals surface area contributed by atoms with Crippen molar-refractivity contribution in [3.8, 4) is 0 Å². The molecule has 22 heavy (non-hydrogen) atoms. The monoisotopic (exact) mass is 315 g/mol. The fourth-order valence-corrected chi connectivity index (χ4v) is 2.92. The molecule has 1 aliphatic rings. The number of likely N-dealkylation sites (tertiary alicyclic amines) is 1. The Hall–Kier alpha value is -1.91. The predicted molar refractivity (Wildman–Crippen MR) is 87.8 cm³/mol. The van der Waals surface area contributed by atoms with Crippen molar-refractivity contribution in [1.82, 2.24) is 9.88 Å². The van der Waals surface area contributed by atoms with Crippen molar-refractivity contribution in [3.05, 3.63) is 59.4 Å². The summed E-state index contributed by atoms with van der Waals surface area (Å²) in [6.45, 7) is 1.75. The lowest BCUT2D eigenvalue weighted by Crippen LogP contribution is -2.39.